The van der Waals surface area contributed by atoms with Crippen LogP contribution < -0.4 is 4.74 Å². The Morgan fingerprint density at radius 1 is 1.38 bits per heavy atom. The number of aromatic nitrogens is 3. The fraction of sp³-hybridized carbons (Fsp3) is 0.294. The lowest BCUT2D eigenvalue weighted by molar-refractivity contribution is 0.307. The monoisotopic (exact) mass is 363 g/mol. The van der Waals surface area contributed by atoms with Crippen LogP contribution in [-0.4, -0.2) is 21.4 Å². The summed E-state index contributed by atoms with van der Waals surface area (Å²) >= 11 is 11.2. The van der Waals surface area contributed by atoms with Gasteiger partial charge in [-0.25, -0.2) is 0 Å². The first-order chi connectivity index (χ1) is 11.6. The summed E-state index contributed by atoms with van der Waals surface area (Å²) in [5.74, 6) is 2.60. The highest BCUT2D eigenvalue weighted by atomic mass is 35.5. The van der Waals surface area contributed by atoms with Gasteiger partial charge in [0.15, 0.2) is 4.77 Å². The van der Waals surface area contributed by atoms with Gasteiger partial charge < -0.3 is 9.15 Å². The van der Waals surface area contributed by atoms with Gasteiger partial charge in [0.05, 0.1) is 19.4 Å². The van der Waals surface area contributed by atoms with Crippen molar-refractivity contribution >= 4 is 23.8 Å². The predicted molar refractivity (Wildman–Crippen MR) is 95.2 cm³/mol. The highest BCUT2D eigenvalue weighted by molar-refractivity contribution is 7.71. The third-order valence-electron chi connectivity index (χ3n) is 3.67. The highest BCUT2D eigenvalue weighted by Crippen LogP contribution is 2.22. The molecule has 0 amide bonds. The molecule has 0 unspecified atom stereocenters. The number of nitrogens with one attached hydrogen (secondary N) is 1. The van der Waals surface area contributed by atoms with E-state index in [4.69, 9.17) is 33.0 Å². The van der Waals surface area contributed by atoms with Gasteiger partial charge in [0.25, 0.3) is 0 Å². The van der Waals surface area contributed by atoms with Crippen molar-refractivity contribution < 1.29 is 9.15 Å². The molecule has 3 aromatic rings. The van der Waals surface area contributed by atoms with Gasteiger partial charge in [-0.05, 0) is 61.5 Å². The van der Waals surface area contributed by atoms with Crippen LogP contribution in [0.15, 0.2) is 41.0 Å². The van der Waals surface area contributed by atoms with Gasteiger partial charge in [-0.2, -0.15) is 5.10 Å². The molecule has 0 atom stereocenters. The SMILES string of the molecule is Cc1cc(Cl)ccc1OCCCc1n[nH]c(=S)n1Cc1ccco1. The summed E-state index contributed by atoms with van der Waals surface area (Å²) in [5, 5.41) is 7.86. The zero-order valence-corrected chi connectivity index (χ0v) is 14.9. The summed E-state index contributed by atoms with van der Waals surface area (Å²) < 4.78 is 13.7. The molecule has 7 heteroatoms. The van der Waals surface area contributed by atoms with Crippen molar-refractivity contribution in [3.05, 3.63) is 63.5 Å². The van der Waals surface area contributed by atoms with Gasteiger partial charge in [0.2, 0.25) is 0 Å². The number of benzene rings is 1. The van der Waals surface area contributed by atoms with Crippen LogP contribution >= 0.6 is 23.8 Å². The zero-order valence-electron chi connectivity index (χ0n) is 13.3. The molecule has 0 aliphatic heterocycles. The first-order valence-corrected chi connectivity index (χ1v) is 8.47. The van der Waals surface area contributed by atoms with Gasteiger partial charge in [-0.3, -0.25) is 9.67 Å². The molecule has 126 valence electrons. The number of furan rings is 1. The van der Waals surface area contributed by atoms with E-state index in [0.29, 0.717) is 22.9 Å². The summed E-state index contributed by atoms with van der Waals surface area (Å²) in [5.41, 5.74) is 1.03. The van der Waals surface area contributed by atoms with Crippen molar-refractivity contribution in [1.82, 2.24) is 14.8 Å². The van der Waals surface area contributed by atoms with Crippen molar-refractivity contribution in [2.45, 2.75) is 26.3 Å². The minimum atomic E-state index is 0.578. The van der Waals surface area contributed by atoms with Crippen molar-refractivity contribution in [3.63, 3.8) is 0 Å². The molecule has 5 nitrogen and oxygen atoms in total. The lowest BCUT2D eigenvalue weighted by Crippen LogP contribution is -2.07. The van der Waals surface area contributed by atoms with E-state index >= 15 is 0 Å². The summed E-state index contributed by atoms with van der Waals surface area (Å²) in [6.07, 6.45) is 3.25. The minimum absolute atomic E-state index is 0.578. The number of aryl methyl sites for hydroxylation is 2. The zero-order chi connectivity index (χ0) is 16.9. The van der Waals surface area contributed by atoms with E-state index in [-0.39, 0.29) is 0 Å². The topological polar surface area (TPSA) is 56.0 Å². The van der Waals surface area contributed by atoms with Crippen LogP contribution in [0.1, 0.15) is 23.6 Å². The molecule has 0 bridgehead atoms. The van der Waals surface area contributed by atoms with E-state index in [1.54, 1.807) is 6.26 Å². The minimum Gasteiger partial charge on any atom is -0.493 e. The molecule has 0 aliphatic carbocycles. The molecule has 2 aromatic heterocycles. The number of H-pyrrole nitrogens is 1. The molecular formula is C17H18ClN3O2S. The van der Waals surface area contributed by atoms with E-state index in [1.165, 1.54) is 0 Å². The van der Waals surface area contributed by atoms with Crippen LogP contribution in [0.3, 0.4) is 0 Å². The second-order valence-electron chi connectivity index (χ2n) is 5.47. The maximum Gasteiger partial charge on any atom is 0.195 e. The summed E-state index contributed by atoms with van der Waals surface area (Å²) in [4.78, 5) is 0. The molecule has 0 spiro atoms. The Labute approximate surface area is 150 Å². The molecule has 24 heavy (non-hydrogen) atoms. The largest absolute Gasteiger partial charge is 0.493 e. The van der Waals surface area contributed by atoms with Crippen LogP contribution in [-0.2, 0) is 13.0 Å². The number of hydrogen-bond donors (Lipinski definition) is 1. The van der Waals surface area contributed by atoms with Crippen molar-refractivity contribution in [3.8, 4) is 5.75 Å². The molecule has 1 aromatic carbocycles. The lowest BCUT2D eigenvalue weighted by Gasteiger charge is -2.09. The second-order valence-corrected chi connectivity index (χ2v) is 6.30. The van der Waals surface area contributed by atoms with Gasteiger partial charge in [0, 0.05) is 11.4 Å². The summed E-state index contributed by atoms with van der Waals surface area (Å²) in [6.45, 7) is 3.16. The van der Waals surface area contributed by atoms with Crippen LogP contribution in [0, 0.1) is 11.7 Å². The van der Waals surface area contributed by atoms with Crippen LogP contribution in [0.25, 0.3) is 0 Å². The smallest absolute Gasteiger partial charge is 0.195 e. The van der Waals surface area contributed by atoms with Gasteiger partial charge in [-0.1, -0.05) is 11.6 Å². The average molecular weight is 364 g/mol. The third-order valence-corrected chi connectivity index (χ3v) is 4.22. The Morgan fingerprint density at radius 3 is 3.00 bits per heavy atom. The Balaban J connectivity index is 1.56. The van der Waals surface area contributed by atoms with E-state index in [1.807, 2.05) is 41.8 Å². The number of halogens is 1. The normalized spacial score (nSPS) is 10.9. The van der Waals surface area contributed by atoms with Crippen molar-refractivity contribution in [2.75, 3.05) is 6.61 Å². The average Bonchev–Trinajstić information content (AvgIpc) is 3.18. The molecule has 2 heterocycles. The van der Waals surface area contributed by atoms with Gasteiger partial charge in [-0.15, -0.1) is 0 Å². The first-order valence-electron chi connectivity index (χ1n) is 7.69. The summed E-state index contributed by atoms with van der Waals surface area (Å²) in [7, 11) is 0. The summed E-state index contributed by atoms with van der Waals surface area (Å²) in [6, 6.07) is 9.40. The lowest BCUT2D eigenvalue weighted by atomic mass is 10.2. The Morgan fingerprint density at radius 2 is 2.25 bits per heavy atom. The van der Waals surface area contributed by atoms with E-state index < -0.39 is 0 Å². The Hall–Kier alpha value is -2.05. The quantitative estimate of drug-likeness (QED) is 0.494. The third kappa shape index (κ3) is 4.07. The fourth-order valence-corrected chi connectivity index (χ4v) is 2.89. The molecule has 0 radical (unpaired) electrons. The fourth-order valence-electron chi connectivity index (χ4n) is 2.45. The van der Waals surface area contributed by atoms with E-state index in [9.17, 15) is 0 Å². The predicted octanol–water partition coefficient (Wildman–Crippen LogP) is 4.56. The molecule has 0 aliphatic rings. The molecule has 1 N–H and O–H groups in total. The van der Waals surface area contributed by atoms with Crippen LogP contribution in [0.4, 0.5) is 0 Å². The Bertz CT molecular complexity index is 855. The number of nitrogens with zero attached hydrogens (tertiary/aromatic N) is 2. The van der Waals surface area contributed by atoms with Crippen LogP contribution in [0.5, 0.6) is 5.75 Å². The van der Waals surface area contributed by atoms with E-state index in [2.05, 4.69) is 10.2 Å². The van der Waals surface area contributed by atoms with E-state index in [0.717, 1.165) is 35.7 Å². The first kappa shape index (κ1) is 16.8. The highest BCUT2D eigenvalue weighted by Gasteiger charge is 2.08. The van der Waals surface area contributed by atoms with Gasteiger partial charge in [0.1, 0.15) is 17.3 Å². The molecule has 0 fully saturated rings. The standard InChI is InChI=1S/C17H18ClN3O2S/c1-12-10-13(18)6-7-15(12)23-9-3-5-16-19-20-17(24)21(16)11-14-4-2-8-22-14/h2,4,6-8,10H,3,5,9,11H2,1H3,(H,20,24). The molecule has 0 saturated carbocycles. The van der Waals surface area contributed by atoms with Crippen molar-refractivity contribution in [1.29, 1.82) is 0 Å². The van der Waals surface area contributed by atoms with Crippen molar-refractivity contribution in [2.24, 2.45) is 0 Å². The number of hydrogen-bond acceptors (Lipinski definition) is 4. The molecular weight excluding hydrogens is 346 g/mol. The Kier molecular flexibility index (Phi) is 5.37. The van der Waals surface area contributed by atoms with Crippen LogP contribution in [0.2, 0.25) is 5.02 Å². The molecule has 3 rings (SSSR count). The maximum absolute atomic E-state index is 5.95. The number of ether oxygens (including phenoxy) is 1. The maximum atomic E-state index is 5.95. The second kappa shape index (κ2) is 7.68. The van der Waals surface area contributed by atoms with Gasteiger partial charge >= 0.3 is 0 Å². The number of rotatable bonds is 7. The molecule has 0 saturated heterocycles. The number of aromatic amines is 1.